The Hall–Kier alpha value is -2.67. The fourth-order valence-electron chi connectivity index (χ4n) is 5.75. The molecule has 196 valence electrons. The van der Waals surface area contributed by atoms with Crippen LogP contribution in [-0.2, 0) is 0 Å². The third-order valence-electron chi connectivity index (χ3n) is 7.82. The van der Waals surface area contributed by atoms with E-state index in [9.17, 15) is 0 Å². The minimum Gasteiger partial charge on any atom is -0.299 e. The highest BCUT2D eigenvalue weighted by Crippen LogP contribution is 2.30. The van der Waals surface area contributed by atoms with Gasteiger partial charge in [-0.05, 0) is 109 Å². The second-order valence-corrected chi connectivity index (χ2v) is 10.3. The molecule has 3 aliphatic rings. The third kappa shape index (κ3) is 7.19. The van der Waals surface area contributed by atoms with Gasteiger partial charge in [0.2, 0.25) is 0 Å². The van der Waals surface area contributed by atoms with Gasteiger partial charge in [0.05, 0.1) is 0 Å². The molecule has 36 heavy (non-hydrogen) atoms. The highest BCUT2D eigenvalue weighted by Gasteiger charge is 2.24. The van der Waals surface area contributed by atoms with Crippen LogP contribution < -0.4 is 4.98 Å². The SMILES string of the molecule is CN1CCC[C@H]1c1ccc[nH+]c1.CN1CCC[C@H]1c1cccnc1.CN1CCC[C@H]1c1cccnc1.[H+].[H+].[HH].[HH]. The summed E-state index contributed by atoms with van der Waals surface area (Å²) in [6.07, 6.45) is 19.5. The van der Waals surface area contributed by atoms with Gasteiger partial charge in [-0.15, -0.1) is 0 Å². The first kappa shape index (κ1) is 26.4. The number of hydrogen-bond acceptors (Lipinski definition) is 5. The minimum atomic E-state index is 0. The summed E-state index contributed by atoms with van der Waals surface area (Å²) in [7, 11) is 6.57. The van der Waals surface area contributed by atoms with Crippen LogP contribution in [0.1, 0.15) is 79.0 Å². The van der Waals surface area contributed by atoms with Crippen LogP contribution in [0.25, 0.3) is 0 Å². The van der Waals surface area contributed by atoms with Crippen LogP contribution in [0.5, 0.6) is 0 Å². The molecule has 6 rings (SSSR count). The number of rotatable bonds is 3. The van der Waals surface area contributed by atoms with E-state index in [0.29, 0.717) is 18.1 Å². The Labute approximate surface area is 223 Å². The number of aromatic amines is 1. The number of pyridine rings is 3. The standard InChI is InChI=1S/3C10H14N2.2H2/c3*1-12-7-3-5-10(12)9-4-2-6-11-8-9;;/h3*2,4,6,8,10H,3,5,7H2,1H3;2*1H/p+3/t3*10-;;/m000../s1. The average Bonchev–Trinajstić information content (AvgIpc) is 3.67. The summed E-state index contributed by atoms with van der Waals surface area (Å²) in [6.45, 7) is 3.68. The molecule has 6 heteroatoms. The van der Waals surface area contributed by atoms with Gasteiger partial charge in [0.15, 0.2) is 12.4 Å². The van der Waals surface area contributed by atoms with Crippen LogP contribution >= 0.6 is 0 Å². The van der Waals surface area contributed by atoms with Crippen molar-refractivity contribution in [3.63, 3.8) is 0 Å². The molecular weight excluding hydrogens is 444 g/mol. The maximum Gasteiger partial charge on any atom is 1.00 e. The lowest BCUT2D eigenvalue weighted by Gasteiger charge is -2.18. The summed E-state index contributed by atoms with van der Waals surface area (Å²) in [5.41, 5.74) is 4.13. The van der Waals surface area contributed by atoms with Gasteiger partial charge in [-0.2, -0.15) is 0 Å². The van der Waals surface area contributed by atoms with E-state index in [-0.39, 0.29) is 5.71 Å². The monoisotopic (exact) mass is 493 g/mol. The Morgan fingerprint density at radius 3 is 1.47 bits per heavy atom. The first-order valence-electron chi connectivity index (χ1n) is 13.5. The van der Waals surface area contributed by atoms with Crippen molar-refractivity contribution in [2.45, 2.75) is 56.7 Å². The van der Waals surface area contributed by atoms with E-state index in [2.05, 4.69) is 81.3 Å². The molecule has 0 amide bonds. The molecule has 3 fully saturated rings. The predicted octanol–water partition coefficient (Wildman–Crippen LogP) is 5.68. The molecule has 0 radical (unpaired) electrons. The number of likely N-dealkylation sites (tertiary alicyclic amines) is 3. The van der Waals surface area contributed by atoms with Crippen LogP contribution in [0.2, 0.25) is 0 Å². The van der Waals surface area contributed by atoms with Crippen LogP contribution in [0.15, 0.2) is 73.6 Å². The minimum absolute atomic E-state index is 0. The second-order valence-electron chi connectivity index (χ2n) is 10.3. The van der Waals surface area contributed by atoms with Crippen molar-refractivity contribution in [1.82, 2.24) is 24.7 Å². The summed E-state index contributed by atoms with van der Waals surface area (Å²) in [5.74, 6) is 0. The van der Waals surface area contributed by atoms with Crippen LogP contribution in [-0.4, -0.2) is 65.4 Å². The van der Waals surface area contributed by atoms with Gasteiger partial charge < -0.3 is 0 Å². The first-order valence-corrected chi connectivity index (χ1v) is 13.5. The number of H-pyrrole nitrogens is 1. The number of nitrogens with zero attached hydrogens (tertiary/aromatic N) is 5. The van der Waals surface area contributed by atoms with Gasteiger partial charge in [-0.3, -0.25) is 24.7 Å². The van der Waals surface area contributed by atoms with E-state index in [4.69, 9.17) is 0 Å². The largest absolute Gasteiger partial charge is 1.00 e. The third-order valence-corrected chi connectivity index (χ3v) is 7.82. The maximum absolute atomic E-state index is 4.14. The molecule has 6 nitrogen and oxygen atoms in total. The Bertz CT molecular complexity index is 887. The molecule has 3 aromatic heterocycles. The second kappa shape index (κ2) is 13.6. The van der Waals surface area contributed by atoms with E-state index >= 15 is 0 Å². The molecular formula is C30H49N6+3. The van der Waals surface area contributed by atoms with E-state index < -0.39 is 0 Å². The van der Waals surface area contributed by atoms with E-state index in [0.717, 1.165) is 0 Å². The number of nitrogens with one attached hydrogen (secondary N) is 1. The normalized spacial score (nSPS) is 24.6. The average molecular weight is 494 g/mol. The molecule has 1 N–H and O–H groups in total. The lowest BCUT2D eigenvalue weighted by atomic mass is 10.1. The van der Waals surface area contributed by atoms with Crippen molar-refractivity contribution < 1.29 is 10.7 Å². The molecule has 0 spiro atoms. The predicted molar refractivity (Wildman–Crippen MR) is 152 cm³/mol. The van der Waals surface area contributed by atoms with Crippen molar-refractivity contribution in [3.05, 3.63) is 90.3 Å². The lowest BCUT2D eigenvalue weighted by Crippen LogP contribution is -2.18. The van der Waals surface area contributed by atoms with Crippen molar-refractivity contribution >= 4 is 0 Å². The molecule has 3 atom stereocenters. The zero-order valence-electron chi connectivity index (χ0n) is 24.3. The van der Waals surface area contributed by atoms with Crippen molar-refractivity contribution in [2.24, 2.45) is 0 Å². The van der Waals surface area contributed by atoms with Gasteiger partial charge >= 0.3 is 2.85 Å². The van der Waals surface area contributed by atoms with Gasteiger partial charge in [0, 0.05) is 57.4 Å². The Morgan fingerprint density at radius 1 is 0.694 bits per heavy atom. The van der Waals surface area contributed by atoms with Crippen LogP contribution in [0.4, 0.5) is 0 Å². The van der Waals surface area contributed by atoms with E-state index in [1.165, 1.54) is 74.8 Å². The Kier molecular flexibility index (Phi) is 9.96. The smallest absolute Gasteiger partial charge is 0.299 e. The highest BCUT2D eigenvalue weighted by atomic mass is 15.2. The molecule has 0 aromatic carbocycles. The van der Waals surface area contributed by atoms with E-state index in [1.54, 1.807) is 0 Å². The highest BCUT2D eigenvalue weighted by molar-refractivity contribution is 5.16. The van der Waals surface area contributed by atoms with Crippen LogP contribution in [0, 0.1) is 0 Å². The van der Waals surface area contributed by atoms with Crippen molar-refractivity contribution in [1.29, 1.82) is 0 Å². The zero-order chi connectivity index (χ0) is 25.2. The molecule has 0 saturated carbocycles. The molecule has 3 saturated heterocycles. The molecule has 3 aliphatic heterocycles. The number of aromatic nitrogens is 3. The summed E-state index contributed by atoms with van der Waals surface area (Å²) in [4.78, 5) is 18.6. The van der Waals surface area contributed by atoms with Crippen molar-refractivity contribution in [3.8, 4) is 0 Å². The quantitative estimate of drug-likeness (QED) is 0.470. The maximum atomic E-state index is 4.14. The fourth-order valence-corrected chi connectivity index (χ4v) is 5.75. The summed E-state index contributed by atoms with van der Waals surface area (Å²) in [6, 6.07) is 14.5. The summed E-state index contributed by atoms with van der Waals surface area (Å²) < 4.78 is 0. The first-order chi connectivity index (χ1) is 17.6. The van der Waals surface area contributed by atoms with E-state index in [1.807, 2.05) is 43.1 Å². The molecule has 0 aliphatic carbocycles. The van der Waals surface area contributed by atoms with Gasteiger partial charge in [0.1, 0.15) is 0 Å². The lowest BCUT2D eigenvalue weighted by molar-refractivity contribution is -0.379. The number of hydrogen-bond donors (Lipinski definition) is 0. The Morgan fingerprint density at radius 2 is 1.14 bits per heavy atom. The van der Waals surface area contributed by atoms with Crippen LogP contribution in [0.3, 0.4) is 0 Å². The topological polar surface area (TPSA) is 49.6 Å². The molecule has 6 heterocycles. The van der Waals surface area contributed by atoms with Gasteiger partial charge in [0.25, 0.3) is 0 Å². The summed E-state index contributed by atoms with van der Waals surface area (Å²) in [5, 5.41) is 0. The molecule has 0 bridgehead atoms. The Balaban J connectivity index is 0.000000543. The fraction of sp³-hybridized carbons (Fsp3) is 0.500. The van der Waals surface area contributed by atoms with Crippen molar-refractivity contribution in [2.75, 3.05) is 40.8 Å². The molecule has 3 aromatic rings. The zero-order valence-corrected chi connectivity index (χ0v) is 22.3. The summed E-state index contributed by atoms with van der Waals surface area (Å²) >= 11 is 0. The molecule has 0 unspecified atom stereocenters. The van der Waals surface area contributed by atoms with Gasteiger partial charge in [-0.25, -0.2) is 4.98 Å². The van der Waals surface area contributed by atoms with Gasteiger partial charge in [-0.1, -0.05) is 12.1 Å².